The first-order valence-corrected chi connectivity index (χ1v) is 7.69. The summed E-state index contributed by atoms with van der Waals surface area (Å²) >= 11 is 17.6. The molecule has 0 saturated carbocycles. The van der Waals surface area contributed by atoms with E-state index in [1.165, 1.54) is 0 Å². The average Bonchev–Trinajstić information content (AvgIpc) is 2.16. The van der Waals surface area contributed by atoms with Crippen molar-refractivity contribution in [1.82, 2.24) is 0 Å². The number of rotatable bonds is 6. The summed E-state index contributed by atoms with van der Waals surface area (Å²) in [5.74, 6) is 2.15. The van der Waals surface area contributed by atoms with Gasteiger partial charge in [0.25, 0.3) is 0 Å². The topological polar surface area (TPSA) is 0 Å². The molecule has 0 rings (SSSR count). The number of hydrogen-bond donors (Lipinski definition) is 0. The Balaban J connectivity index is 4.34. The van der Waals surface area contributed by atoms with Gasteiger partial charge in [-0.3, -0.25) is 0 Å². The summed E-state index contributed by atoms with van der Waals surface area (Å²) in [6.07, 6.45) is 0. The zero-order chi connectivity index (χ0) is 10.4. The molecule has 0 bridgehead atoms. The molecule has 0 N–H and O–H groups in total. The molecular formula is C9H18Cl3P. The van der Waals surface area contributed by atoms with Gasteiger partial charge in [-0.05, 0) is 17.0 Å². The van der Waals surface area contributed by atoms with Crippen LogP contribution in [0.2, 0.25) is 0 Å². The molecule has 0 amide bonds. The van der Waals surface area contributed by atoms with Crippen LogP contribution in [-0.2, 0) is 0 Å². The first kappa shape index (κ1) is 14.3. The summed E-state index contributed by atoms with van der Waals surface area (Å²) in [5.41, 5.74) is 1.66. The van der Waals surface area contributed by atoms with Crippen molar-refractivity contribution in [3.8, 4) is 0 Å². The lowest BCUT2D eigenvalue weighted by atomic mass is 10.5. The predicted molar refractivity (Wildman–Crippen MR) is 67.5 cm³/mol. The van der Waals surface area contributed by atoms with Crippen molar-refractivity contribution in [3.05, 3.63) is 0 Å². The average molecular weight is 264 g/mol. The second-order valence-electron chi connectivity index (χ2n) is 3.46. The van der Waals surface area contributed by atoms with Gasteiger partial charge < -0.3 is 0 Å². The Morgan fingerprint density at radius 3 is 1.15 bits per heavy atom. The van der Waals surface area contributed by atoms with Gasteiger partial charge in [0.1, 0.15) is 0 Å². The number of hydrogen-bond acceptors (Lipinski definition) is 0. The van der Waals surface area contributed by atoms with Gasteiger partial charge >= 0.3 is 0 Å². The van der Waals surface area contributed by atoms with E-state index in [4.69, 9.17) is 34.8 Å². The van der Waals surface area contributed by atoms with E-state index in [9.17, 15) is 0 Å². The highest BCUT2D eigenvalue weighted by atomic mass is 35.5. The molecule has 0 aromatic carbocycles. The fourth-order valence-corrected chi connectivity index (χ4v) is 6.06. The van der Waals surface area contributed by atoms with Crippen LogP contribution in [0.4, 0.5) is 0 Å². The van der Waals surface area contributed by atoms with Gasteiger partial charge in [0.05, 0.1) is 0 Å². The third kappa shape index (κ3) is 4.56. The number of alkyl halides is 3. The zero-order valence-corrected chi connectivity index (χ0v) is 11.6. The SMILES string of the molecule is CC(CCl)P(C(C)CCl)C(C)CCl. The standard InChI is InChI=1S/C9H18Cl3P/c1-7(4-10)13(8(2)5-11)9(3)6-12/h7-9H,4-6H2,1-3H3. The van der Waals surface area contributed by atoms with Gasteiger partial charge in [0.2, 0.25) is 0 Å². The molecule has 3 atom stereocenters. The van der Waals surface area contributed by atoms with Gasteiger partial charge in [-0.25, -0.2) is 0 Å². The molecule has 0 aromatic rings. The minimum absolute atomic E-state index is 0.140. The lowest BCUT2D eigenvalue weighted by molar-refractivity contribution is 0.956. The van der Waals surface area contributed by atoms with Gasteiger partial charge in [-0.1, -0.05) is 28.7 Å². The molecule has 80 valence electrons. The first-order valence-electron chi connectivity index (χ1n) is 4.53. The lowest BCUT2D eigenvalue weighted by Crippen LogP contribution is -2.21. The molecule has 0 fully saturated rings. The molecule has 0 heterocycles. The molecule has 0 spiro atoms. The molecule has 13 heavy (non-hydrogen) atoms. The quantitative estimate of drug-likeness (QED) is 0.494. The van der Waals surface area contributed by atoms with E-state index >= 15 is 0 Å². The van der Waals surface area contributed by atoms with Crippen molar-refractivity contribution in [2.45, 2.75) is 37.7 Å². The maximum Gasteiger partial charge on any atom is 0.0288 e. The van der Waals surface area contributed by atoms with Crippen molar-refractivity contribution in [1.29, 1.82) is 0 Å². The van der Waals surface area contributed by atoms with Gasteiger partial charge in [-0.15, -0.1) is 34.8 Å². The van der Waals surface area contributed by atoms with Gasteiger partial charge in [0, 0.05) is 17.6 Å². The second kappa shape index (κ2) is 7.57. The summed E-state index contributed by atoms with van der Waals surface area (Å²) in [6.45, 7) is 6.60. The maximum absolute atomic E-state index is 5.88. The molecule has 3 unspecified atom stereocenters. The highest BCUT2D eigenvalue weighted by molar-refractivity contribution is 7.60. The van der Waals surface area contributed by atoms with Crippen molar-refractivity contribution < 1.29 is 0 Å². The summed E-state index contributed by atoms with van der Waals surface area (Å²) < 4.78 is 0. The summed E-state index contributed by atoms with van der Waals surface area (Å²) in [6, 6.07) is 0. The van der Waals surface area contributed by atoms with E-state index in [1.807, 2.05) is 0 Å². The second-order valence-corrected chi connectivity index (χ2v) is 7.92. The van der Waals surface area contributed by atoms with Crippen LogP contribution < -0.4 is 0 Å². The molecule has 0 aliphatic rings. The fraction of sp³-hybridized carbons (Fsp3) is 1.00. The third-order valence-corrected chi connectivity index (χ3v) is 7.83. The summed E-state index contributed by atoms with van der Waals surface area (Å²) in [5, 5.41) is 0. The van der Waals surface area contributed by atoms with Crippen LogP contribution >= 0.6 is 42.7 Å². The van der Waals surface area contributed by atoms with Gasteiger partial charge in [-0.2, -0.15) is 0 Å². The van der Waals surface area contributed by atoms with Crippen LogP contribution in [-0.4, -0.2) is 34.6 Å². The fourth-order valence-electron chi connectivity index (χ4n) is 1.54. The normalized spacial score (nSPS) is 20.8. The van der Waals surface area contributed by atoms with Crippen molar-refractivity contribution >= 4 is 42.7 Å². The Morgan fingerprint density at radius 2 is 1.00 bits per heavy atom. The smallest absolute Gasteiger partial charge is 0.0288 e. The Hall–Kier alpha value is 1.30. The molecule has 0 nitrogen and oxygen atoms in total. The van der Waals surface area contributed by atoms with Crippen molar-refractivity contribution in [3.63, 3.8) is 0 Å². The molecule has 0 radical (unpaired) electrons. The Bertz CT molecular complexity index is 108. The van der Waals surface area contributed by atoms with Crippen LogP contribution in [0.5, 0.6) is 0 Å². The summed E-state index contributed by atoms with van der Waals surface area (Å²) in [7, 11) is -0.140. The van der Waals surface area contributed by atoms with E-state index < -0.39 is 0 Å². The summed E-state index contributed by atoms with van der Waals surface area (Å²) in [4.78, 5) is 0. The van der Waals surface area contributed by atoms with Crippen LogP contribution in [0.15, 0.2) is 0 Å². The minimum Gasteiger partial charge on any atom is -0.126 e. The van der Waals surface area contributed by atoms with E-state index in [-0.39, 0.29) is 7.92 Å². The lowest BCUT2D eigenvalue weighted by Gasteiger charge is -2.32. The van der Waals surface area contributed by atoms with E-state index in [2.05, 4.69) is 20.8 Å². The minimum atomic E-state index is -0.140. The molecule has 4 heteroatoms. The highest BCUT2D eigenvalue weighted by Crippen LogP contribution is 2.51. The van der Waals surface area contributed by atoms with E-state index in [0.29, 0.717) is 34.6 Å². The molecular weight excluding hydrogens is 245 g/mol. The number of halogens is 3. The third-order valence-electron chi connectivity index (χ3n) is 2.20. The zero-order valence-electron chi connectivity index (χ0n) is 8.43. The molecule has 0 aliphatic carbocycles. The Morgan fingerprint density at radius 1 is 0.769 bits per heavy atom. The van der Waals surface area contributed by atoms with Crippen LogP contribution in [0.25, 0.3) is 0 Å². The maximum atomic E-state index is 5.88. The predicted octanol–water partition coefficient (Wildman–Crippen LogP) is 4.35. The molecule has 0 aromatic heterocycles. The Labute approximate surface area is 98.1 Å². The van der Waals surface area contributed by atoms with Crippen molar-refractivity contribution in [2.24, 2.45) is 0 Å². The monoisotopic (exact) mass is 262 g/mol. The Kier molecular flexibility index (Phi) is 8.33. The first-order chi connectivity index (χ1) is 6.08. The van der Waals surface area contributed by atoms with Crippen LogP contribution in [0.1, 0.15) is 20.8 Å². The largest absolute Gasteiger partial charge is 0.126 e. The van der Waals surface area contributed by atoms with Crippen LogP contribution in [0.3, 0.4) is 0 Å². The molecule has 0 saturated heterocycles. The molecule has 0 aliphatic heterocycles. The van der Waals surface area contributed by atoms with E-state index in [1.54, 1.807) is 0 Å². The highest BCUT2D eigenvalue weighted by Gasteiger charge is 2.26. The van der Waals surface area contributed by atoms with Gasteiger partial charge in [0.15, 0.2) is 0 Å². The van der Waals surface area contributed by atoms with Crippen molar-refractivity contribution in [2.75, 3.05) is 17.6 Å². The van der Waals surface area contributed by atoms with Crippen LogP contribution in [0, 0.1) is 0 Å². The van der Waals surface area contributed by atoms with E-state index in [0.717, 1.165) is 0 Å².